The summed E-state index contributed by atoms with van der Waals surface area (Å²) in [6, 6.07) is 5.53. The Balaban J connectivity index is 1.41. The summed E-state index contributed by atoms with van der Waals surface area (Å²) in [5.41, 5.74) is 0. The third-order valence-corrected chi connectivity index (χ3v) is 4.49. The van der Waals surface area contributed by atoms with Crippen molar-refractivity contribution in [2.75, 3.05) is 6.54 Å². The quantitative estimate of drug-likeness (QED) is 0.798. The monoisotopic (exact) mass is 325 g/mol. The third kappa shape index (κ3) is 2.89. The van der Waals surface area contributed by atoms with Gasteiger partial charge in [-0.2, -0.15) is 0 Å². The summed E-state index contributed by atoms with van der Waals surface area (Å²) in [5, 5.41) is 8.45. The molecule has 0 bridgehead atoms. The molecular formula is C17H19N5O2. The molecule has 0 fully saturated rings. The number of carbonyl (C=O) groups excluding carboxylic acids is 1. The molecule has 0 atom stereocenters. The highest BCUT2D eigenvalue weighted by molar-refractivity contribution is 5.79. The molecule has 2 aliphatic rings. The Kier molecular flexibility index (Phi) is 3.98. The van der Waals surface area contributed by atoms with Crippen LogP contribution in [0.3, 0.4) is 0 Å². The van der Waals surface area contributed by atoms with Gasteiger partial charge in [0.1, 0.15) is 6.61 Å². The Labute approximate surface area is 140 Å². The Hall–Kier alpha value is -2.70. The molecule has 2 aromatic heterocycles. The number of pyridine rings is 1. The Morgan fingerprint density at radius 2 is 2.08 bits per heavy atom. The maximum Gasteiger partial charge on any atom is 0.226 e. The summed E-state index contributed by atoms with van der Waals surface area (Å²) in [6.45, 7) is 2.24. The number of amides is 1. The van der Waals surface area contributed by atoms with Gasteiger partial charge in [-0.1, -0.05) is 18.2 Å². The van der Waals surface area contributed by atoms with Crippen molar-refractivity contribution in [1.82, 2.24) is 24.6 Å². The Morgan fingerprint density at radius 1 is 1.21 bits per heavy atom. The van der Waals surface area contributed by atoms with Crippen LogP contribution in [0.25, 0.3) is 0 Å². The van der Waals surface area contributed by atoms with Crippen molar-refractivity contribution < 1.29 is 9.53 Å². The van der Waals surface area contributed by atoms with Gasteiger partial charge >= 0.3 is 0 Å². The lowest BCUT2D eigenvalue weighted by atomic mass is 10.1. The molecule has 0 N–H and O–H groups in total. The molecule has 0 saturated heterocycles. The molecule has 3 heterocycles. The fourth-order valence-corrected chi connectivity index (χ4v) is 3.16. The molecule has 4 rings (SSSR count). The highest BCUT2D eigenvalue weighted by atomic mass is 16.5. The molecule has 2 aromatic rings. The van der Waals surface area contributed by atoms with Crippen molar-refractivity contribution in [2.45, 2.75) is 32.5 Å². The SMILES string of the molecule is O=C(C1CC=CC1)N1CCn2c(COc3ccccn3)nnc2C1. The molecule has 7 heteroatoms. The zero-order valence-corrected chi connectivity index (χ0v) is 13.3. The smallest absolute Gasteiger partial charge is 0.226 e. The Bertz CT molecular complexity index is 748. The van der Waals surface area contributed by atoms with Gasteiger partial charge < -0.3 is 14.2 Å². The maximum atomic E-state index is 12.5. The van der Waals surface area contributed by atoms with Gasteiger partial charge in [0, 0.05) is 31.3 Å². The number of aromatic nitrogens is 4. The highest BCUT2D eigenvalue weighted by Gasteiger charge is 2.29. The van der Waals surface area contributed by atoms with E-state index in [0.29, 0.717) is 32.1 Å². The second-order valence-electron chi connectivity index (χ2n) is 6.04. The van der Waals surface area contributed by atoms with E-state index >= 15 is 0 Å². The summed E-state index contributed by atoms with van der Waals surface area (Å²) < 4.78 is 7.69. The van der Waals surface area contributed by atoms with E-state index in [2.05, 4.69) is 27.3 Å². The van der Waals surface area contributed by atoms with E-state index in [0.717, 1.165) is 24.5 Å². The average molecular weight is 325 g/mol. The van der Waals surface area contributed by atoms with Gasteiger partial charge in [0.05, 0.1) is 6.54 Å². The molecule has 0 unspecified atom stereocenters. The first-order chi connectivity index (χ1) is 11.8. The topological polar surface area (TPSA) is 73.1 Å². The maximum absolute atomic E-state index is 12.5. The highest BCUT2D eigenvalue weighted by Crippen LogP contribution is 2.23. The number of fused-ring (bicyclic) bond motifs is 1. The van der Waals surface area contributed by atoms with Crippen molar-refractivity contribution in [2.24, 2.45) is 5.92 Å². The van der Waals surface area contributed by atoms with Gasteiger partial charge in [0.25, 0.3) is 0 Å². The van der Waals surface area contributed by atoms with Gasteiger partial charge in [-0.15, -0.1) is 10.2 Å². The summed E-state index contributed by atoms with van der Waals surface area (Å²) >= 11 is 0. The van der Waals surface area contributed by atoms with Crippen molar-refractivity contribution in [3.05, 3.63) is 48.2 Å². The van der Waals surface area contributed by atoms with Crippen LogP contribution in [0.2, 0.25) is 0 Å². The third-order valence-electron chi connectivity index (χ3n) is 4.49. The van der Waals surface area contributed by atoms with Crippen LogP contribution >= 0.6 is 0 Å². The molecule has 7 nitrogen and oxygen atoms in total. The zero-order valence-electron chi connectivity index (χ0n) is 13.3. The van der Waals surface area contributed by atoms with E-state index in [4.69, 9.17) is 4.74 Å². The van der Waals surface area contributed by atoms with Crippen LogP contribution in [-0.2, 0) is 24.5 Å². The van der Waals surface area contributed by atoms with Gasteiger partial charge in [-0.3, -0.25) is 4.79 Å². The minimum absolute atomic E-state index is 0.103. The molecule has 0 aromatic carbocycles. The molecule has 0 saturated carbocycles. The first-order valence-corrected chi connectivity index (χ1v) is 8.20. The molecule has 0 spiro atoms. The fraction of sp³-hybridized carbons (Fsp3) is 0.412. The van der Waals surface area contributed by atoms with Crippen LogP contribution in [0.15, 0.2) is 36.5 Å². The zero-order chi connectivity index (χ0) is 16.4. The van der Waals surface area contributed by atoms with Crippen molar-refractivity contribution >= 4 is 5.91 Å². The number of rotatable bonds is 4. The molecule has 1 aliphatic carbocycles. The number of allylic oxidation sites excluding steroid dienone is 2. The van der Waals surface area contributed by atoms with Crippen LogP contribution < -0.4 is 4.74 Å². The Morgan fingerprint density at radius 3 is 2.88 bits per heavy atom. The minimum Gasteiger partial charge on any atom is -0.469 e. The summed E-state index contributed by atoms with van der Waals surface area (Å²) in [5.74, 6) is 2.48. The number of carbonyl (C=O) groups is 1. The average Bonchev–Trinajstić information content (AvgIpc) is 3.30. The first-order valence-electron chi connectivity index (χ1n) is 8.20. The van der Waals surface area contributed by atoms with Crippen LogP contribution in [0.5, 0.6) is 5.88 Å². The fourth-order valence-electron chi connectivity index (χ4n) is 3.16. The van der Waals surface area contributed by atoms with Crippen molar-refractivity contribution in [1.29, 1.82) is 0 Å². The van der Waals surface area contributed by atoms with Gasteiger partial charge in [0.2, 0.25) is 11.8 Å². The second kappa shape index (κ2) is 6.43. The number of nitrogens with zero attached hydrogens (tertiary/aromatic N) is 5. The minimum atomic E-state index is 0.103. The van der Waals surface area contributed by atoms with Crippen molar-refractivity contribution in [3.63, 3.8) is 0 Å². The number of ether oxygens (including phenoxy) is 1. The van der Waals surface area contributed by atoms with E-state index in [1.165, 1.54) is 0 Å². The molecular weight excluding hydrogens is 306 g/mol. The van der Waals surface area contributed by atoms with Gasteiger partial charge in [-0.05, 0) is 18.9 Å². The molecule has 0 radical (unpaired) electrons. The van der Waals surface area contributed by atoms with E-state index in [1.54, 1.807) is 6.20 Å². The standard InChI is InChI=1S/C17H19N5O2/c23-17(13-5-1-2-6-13)21-9-10-22-14(11-21)19-20-15(22)12-24-16-7-3-4-8-18-16/h1-4,7-8,13H,5-6,9-12H2. The lowest BCUT2D eigenvalue weighted by Crippen LogP contribution is -2.41. The lowest BCUT2D eigenvalue weighted by molar-refractivity contribution is -0.136. The summed E-state index contributed by atoms with van der Waals surface area (Å²) in [6.07, 6.45) is 7.57. The molecule has 24 heavy (non-hydrogen) atoms. The lowest BCUT2D eigenvalue weighted by Gasteiger charge is -2.29. The van der Waals surface area contributed by atoms with E-state index in [9.17, 15) is 4.79 Å². The largest absolute Gasteiger partial charge is 0.469 e. The second-order valence-corrected chi connectivity index (χ2v) is 6.04. The van der Waals surface area contributed by atoms with Crippen LogP contribution in [0.1, 0.15) is 24.5 Å². The number of hydrogen-bond donors (Lipinski definition) is 0. The summed E-state index contributed by atoms with van der Waals surface area (Å²) in [7, 11) is 0. The van der Waals surface area contributed by atoms with Crippen LogP contribution in [0, 0.1) is 5.92 Å². The van der Waals surface area contributed by atoms with Gasteiger partial charge in [0.15, 0.2) is 11.6 Å². The molecule has 124 valence electrons. The molecule has 1 aliphatic heterocycles. The predicted molar refractivity (Wildman–Crippen MR) is 85.9 cm³/mol. The van der Waals surface area contributed by atoms with E-state index in [-0.39, 0.29) is 11.8 Å². The predicted octanol–water partition coefficient (Wildman–Crippen LogP) is 1.56. The van der Waals surface area contributed by atoms with Crippen LogP contribution in [0.4, 0.5) is 0 Å². The number of hydrogen-bond acceptors (Lipinski definition) is 5. The van der Waals surface area contributed by atoms with Crippen LogP contribution in [-0.4, -0.2) is 37.1 Å². The first kappa shape index (κ1) is 14.9. The van der Waals surface area contributed by atoms with Gasteiger partial charge in [-0.25, -0.2) is 4.98 Å². The van der Waals surface area contributed by atoms with E-state index in [1.807, 2.05) is 27.7 Å². The van der Waals surface area contributed by atoms with Crippen molar-refractivity contribution in [3.8, 4) is 5.88 Å². The summed E-state index contributed by atoms with van der Waals surface area (Å²) in [4.78, 5) is 18.5. The molecule has 1 amide bonds. The van der Waals surface area contributed by atoms with E-state index < -0.39 is 0 Å². The normalized spacial score (nSPS) is 17.1.